The van der Waals surface area contributed by atoms with Crippen molar-refractivity contribution in [3.8, 4) is 0 Å². The Labute approximate surface area is 49.7 Å². The summed E-state index contributed by atoms with van der Waals surface area (Å²) < 4.78 is 0. The topological polar surface area (TPSA) is 24.1 Å². The molecule has 2 rings (SSSR count). The highest BCUT2D eigenvalue weighted by atomic mass is 15.1. The Hall–Kier alpha value is -0.0800. The first kappa shape index (κ1) is 4.77. The van der Waals surface area contributed by atoms with Gasteiger partial charge >= 0.3 is 0 Å². The Morgan fingerprint density at radius 1 is 0.875 bits per heavy atom. The predicted molar refractivity (Wildman–Crippen MR) is 32.8 cm³/mol. The molecule has 0 radical (unpaired) electrons. The second kappa shape index (κ2) is 1.71. The smallest absolute Gasteiger partial charge is 0.0222 e. The van der Waals surface area contributed by atoms with Crippen LogP contribution in [-0.4, -0.2) is 25.2 Å². The van der Waals surface area contributed by atoms with Gasteiger partial charge in [-0.25, -0.2) is 0 Å². The van der Waals surface area contributed by atoms with Crippen LogP contribution in [0.5, 0.6) is 0 Å². The van der Waals surface area contributed by atoms with Crippen LogP contribution in [0.2, 0.25) is 0 Å². The van der Waals surface area contributed by atoms with E-state index in [0.717, 1.165) is 12.1 Å². The first-order valence-corrected chi connectivity index (χ1v) is 3.43. The van der Waals surface area contributed by atoms with Gasteiger partial charge in [-0.2, -0.15) is 0 Å². The first-order chi connectivity index (χ1) is 3.97. The van der Waals surface area contributed by atoms with E-state index in [9.17, 15) is 0 Å². The van der Waals surface area contributed by atoms with Crippen LogP contribution in [0.3, 0.4) is 0 Å². The van der Waals surface area contributed by atoms with Crippen LogP contribution in [0.25, 0.3) is 0 Å². The molecule has 1 aliphatic carbocycles. The zero-order valence-corrected chi connectivity index (χ0v) is 4.98. The summed E-state index contributed by atoms with van der Waals surface area (Å²) in [5.74, 6) is 0. The summed E-state index contributed by atoms with van der Waals surface area (Å²) in [6.07, 6.45) is 2.77. The average molecular weight is 112 g/mol. The van der Waals surface area contributed by atoms with Gasteiger partial charge in [0.25, 0.3) is 0 Å². The molecule has 2 atom stereocenters. The van der Waals surface area contributed by atoms with E-state index in [2.05, 4.69) is 10.6 Å². The van der Waals surface area contributed by atoms with Gasteiger partial charge in [0.05, 0.1) is 0 Å². The maximum Gasteiger partial charge on any atom is 0.0222 e. The van der Waals surface area contributed by atoms with Crippen molar-refractivity contribution in [2.75, 3.05) is 13.1 Å². The van der Waals surface area contributed by atoms with Crippen molar-refractivity contribution < 1.29 is 0 Å². The van der Waals surface area contributed by atoms with Gasteiger partial charge in [-0.3, -0.25) is 0 Å². The molecular formula is C6H12N2. The molecule has 1 aliphatic heterocycles. The van der Waals surface area contributed by atoms with Gasteiger partial charge < -0.3 is 10.6 Å². The minimum absolute atomic E-state index is 0.823. The van der Waals surface area contributed by atoms with Crippen LogP contribution in [0.15, 0.2) is 0 Å². The van der Waals surface area contributed by atoms with Crippen LogP contribution in [0, 0.1) is 0 Å². The van der Waals surface area contributed by atoms with Crippen LogP contribution < -0.4 is 10.6 Å². The average Bonchev–Trinajstić information content (AvgIpc) is 1.72. The molecule has 0 bridgehead atoms. The molecule has 2 aliphatic rings. The van der Waals surface area contributed by atoms with Crippen LogP contribution in [0.4, 0.5) is 0 Å². The molecule has 2 N–H and O–H groups in total. The van der Waals surface area contributed by atoms with E-state index in [1.165, 1.54) is 25.9 Å². The van der Waals surface area contributed by atoms with Gasteiger partial charge in [-0.15, -0.1) is 0 Å². The lowest BCUT2D eigenvalue weighted by molar-refractivity contribution is 0.206. The zero-order chi connectivity index (χ0) is 5.40. The molecule has 46 valence electrons. The Morgan fingerprint density at radius 3 is 1.62 bits per heavy atom. The van der Waals surface area contributed by atoms with Gasteiger partial charge in [-0.1, -0.05) is 0 Å². The van der Waals surface area contributed by atoms with Crippen molar-refractivity contribution in [3.63, 3.8) is 0 Å². The SMILES string of the molecule is C1CN[C@@H]2CC[C@H]2N1. The van der Waals surface area contributed by atoms with Crippen LogP contribution in [-0.2, 0) is 0 Å². The fourth-order valence-electron chi connectivity index (χ4n) is 1.50. The molecule has 0 aromatic heterocycles. The maximum absolute atomic E-state index is 3.46. The summed E-state index contributed by atoms with van der Waals surface area (Å²) in [5.41, 5.74) is 0. The number of nitrogens with one attached hydrogen (secondary N) is 2. The van der Waals surface area contributed by atoms with Gasteiger partial charge in [0.2, 0.25) is 0 Å². The highest BCUT2D eigenvalue weighted by Crippen LogP contribution is 2.20. The molecular weight excluding hydrogens is 100 g/mol. The number of rotatable bonds is 0. The van der Waals surface area contributed by atoms with E-state index in [-0.39, 0.29) is 0 Å². The maximum atomic E-state index is 3.46. The highest BCUT2D eigenvalue weighted by Gasteiger charge is 2.31. The van der Waals surface area contributed by atoms with Gasteiger partial charge in [0.15, 0.2) is 0 Å². The molecule has 1 saturated carbocycles. The standard InChI is InChI=1S/C6H12N2/c1-2-6-5(1)7-3-4-8-6/h5-8H,1-4H2/t5-,6-/m1/s1. The van der Waals surface area contributed by atoms with Crippen molar-refractivity contribution >= 4 is 0 Å². The Balaban J connectivity index is 1.92. The first-order valence-electron chi connectivity index (χ1n) is 3.43. The van der Waals surface area contributed by atoms with Gasteiger partial charge in [0.1, 0.15) is 0 Å². The molecule has 0 amide bonds. The van der Waals surface area contributed by atoms with E-state index < -0.39 is 0 Å². The fraction of sp³-hybridized carbons (Fsp3) is 1.00. The number of hydrogen-bond acceptors (Lipinski definition) is 2. The third-order valence-electron chi connectivity index (χ3n) is 2.21. The summed E-state index contributed by atoms with van der Waals surface area (Å²) in [7, 11) is 0. The van der Waals surface area contributed by atoms with E-state index in [1.54, 1.807) is 0 Å². The van der Waals surface area contributed by atoms with Crippen molar-refractivity contribution in [2.24, 2.45) is 0 Å². The Morgan fingerprint density at radius 2 is 1.38 bits per heavy atom. The minimum Gasteiger partial charge on any atom is -0.311 e. The van der Waals surface area contributed by atoms with Crippen LogP contribution in [0.1, 0.15) is 12.8 Å². The third kappa shape index (κ3) is 0.565. The lowest BCUT2D eigenvalue weighted by Crippen LogP contribution is -2.61. The summed E-state index contributed by atoms with van der Waals surface area (Å²) in [6.45, 7) is 2.34. The molecule has 2 nitrogen and oxygen atoms in total. The van der Waals surface area contributed by atoms with Crippen molar-refractivity contribution in [1.29, 1.82) is 0 Å². The normalized spacial score (nSPS) is 45.0. The van der Waals surface area contributed by atoms with Gasteiger partial charge in [0, 0.05) is 25.2 Å². The largest absolute Gasteiger partial charge is 0.311 e. The number of hydrogen-bond donors (Lipinski definition) is 2. The Bertz CT molecular complexity index is 80.5. The molecule has 1 heterocycles. The monoisotopic (exact) mass is 112 g/mol. The lowest BCUT2D eigenvalue weighted by Gasteiger charge is -2.41. The van der Waals surface area contributed by atoms with Gasteiger partial charge in [-0.05, 0) is 12.8 Å². The molecule has 1 saturated heterocycles. The molecule has 2 heteroatoms. The van der Waals surface area contributed by atoms with Crippen LogP contribution >= 0.6 is 0 Å². The molecule has 0 unspecified atom stereocenters. The quantitative estimate of drug-likeness (QED) is 0.450. The second-order valence-electron chi connectivity index (χ2n) is 2.70. The molecule has 0 aromatic carbocycles. The number of fused-ring (bicyclic) bond motifs is 1. The second-order valence-corrected chi connectivity index (χ2v) is 2.70. The number of piperazine rings is 1. The van der Waals surface area contributed by atoms with E-state index in [4.69, 9.17) is 0 Å². The molecule has 8 heavy (non-hydrogen) atoms. The summed E-state index contributed by atoms with van der Waals surface area (Å²) in [4.78, 5) is 0. The van der Waals surface area contributed by atoms with E-state index >= 15 is 0 Å². The van der Waals surface area contributed by atoms with Crippen molar-refractivity contribution in [1.82, 2.24) is 10.6 Å². The predicted octanol–water partition coefficient (Wildman–Crippen LogP) is -0.290. The van der Waals surface area contributed by atoms with E-state index in [0.29, 0.717) is 0 Å². The molecule has 0 spiro atoms. The zero-order valence-electron chi connectivity index (χ0n) is 4.98. The summed E-state index contributed by atoms with van der Waals surface area (Å²) >= 11 is 0. The fourth-order valence-corrected chi connectivity index (χ4v) is 1.50. The minimum atomic E-state index is 0.823. The van der Waals surface area contributed by atoms with E-state index in [1.807, 2.05) is 0 Å². The summed E-state index contributed by atoms with van der Waals surface area (Å²) in [5, 5.41) is 6.91. The van der Waals surface area contributed by atoms with Crippen molar-refractivity contribution in [3.05, 3.63) is 0 Å². The highest BCUT2D eigenvalue weighted by molar-refractivity contribution is 4.95. The third-order valence-corrected chi connectivity index (χ3v) is 2.21. The summed E-state index contributed by atoms with van der Waals surface area (Å²) in [6, 6.07) is 1.65. The molecule has 0 aromatic rings. The Kier molecular flexibility index (Phi) is 1.02. The molecule has 2 fully saturated rings. The van der Waals surface area contributed by atoms with Crippen molar-refractivity contribution in [2.45, 2.75) is 24.9 Å². The lowest BCUT2D eigenvalue weighted by atomic mass is 9.85.